The van der Waals surface area contributed by atoms with Crippen LogP contribution >= 0.6 is 0 Å². The van der Waals surface area contributed by atoms with Crippen LogP contribution in [0.15, 0.2) is 42.1 Å². The highest BCUT2D eigenvalue weighted by Gasteiger charge is 2.00. The van der Waals surface area contributed by atoms with Gasteiger partial charge in [0.1, 0.15) is 0 Å². The third kappa shape index (κ3) is 1.07. The first-order valence-electron chi connectivity index (χ1n) is 2.92. The average molecular weight is 135 g/mol. The molecule has 1 rings (SSSR count). The third-order valence-electron chi connectivity index (χ3n) is 1.15. The Morgan fingerprint density at radius 3 is 3.00 bits per heavy atom. The molecule has 0 amide bonds. The number of nitrogens with zero attached hydrogens (tertiary/aromatic N) is 2. The van der Waals surface area contributed by atoms with Crippen LogP contribution in [0.4, 0.5) is 0 Å². The van der Waals surface area contributed by atoms with Crippen LogP contribution < -0.4 is 5.73 Å². The van der Waals surface area contributed by atoms with Crippen molar-refractivity contribution in [1.29, 1.82) is 0 Å². The molecule has 0 bridgehead atoms. The summed E-state index contributed by atoms with van der Waals surface area (Å²) in [7, 11) is 0. The van der Waals surface area contributed by atoms with Crippen molar-refractivity contribution in [1.82, 2.24) is 4.90 Å². The number of nitrogens with two attached hydrogens (primary N) is 1. The Morgan fingerprint density at radius 2 is 2.50 bits per heavy atom. The molecular weight excluding hydrogens is 126 g/mol. The lowest BCUT2D eigenvalue weighted by molar-refractivity contribution is 0.616. The van der Waals surface area contributed by atoms with Crippen molar-refractivity contribution < 1.29 is 0 Å². The average Bonchev–Trinajstić information content (AvgIpc) is 2.04. The molecule has 3 nitrogen and oxygen atoms in total. The SMILES string of the molecule is C=CN1C=CC=N/C1=C/N. The van der Waals surface area contributed by atoms with Gasteiger partial charge in [-0.25, -0.2) is 4.99 Å². The lowest BCUT2D eigenvalue weighted by Gasteiger charge is -2.16. The van der Waals surface area contributed by atoms with Crippen molar-refractivity contribution in [3.8, 4) is 0 Å². The van der Waals surface area contributed by atoms with E-state index in [0.29, 0.717) is 5.82 Å². The number of hydrogen-bond donors (Lipinski definition) is 1. The highest BCUT2D eigenvalue weighted by Crippen LogP contribution is 2.07. The van der Waals surface area contributed by atoms with Gasteiger partial charge in [0.25, 0.3) is 0 Å². The van der Waals surface area contributed by atoms with Crippen LogP contribution in [0, 0.1) is 0 Å². The third-order valence-corrected chi connectivity index (χ3v) is 1.15. The predicted molar refractivity (Wildman–Crippen MR) is 41.9 cm³/mol. The van der Waals surface area contributed by atoms with Gasteiger partial charge < -0.3 is 10.6 Å². The first-order chi connectivity index (χ1) is 4.88. The van der Waals surface area contributed by atoms with Crippen LogP contribution in [0.2, 0.25) is 0 Å². The fourth-order valence-corrected chi connectivity index (χ4v) is 0.677. The molecule has 0 atom stereocenters. The zero-order valence-corrected chi connectivity index (χ0v) is 5.57. The van der Waals surface area contributed by atoms with Crippen LogP contribution in [-0.4, -0.2) is 11.1 Å². The molecule has 52 valence electrons. The fraction of sp³-hybridized carbons (Fsp3) is 0. The van der Waals surface area contributed by atoms with Crippen LogP contribution in [0.5, 0.6) is 0 Å². The van der Waals surface area contributed by atoms with E-state index in [2.05, 4.69) is 11.6 Å². The van der Waals surface area contributed by atoms with Crippen LogP contribution in [0.3, 0.4) is 0 Å². The molecule has 2 N–H and O–H groups in total. The fourth-order valence-electron chi connectivity index (χ4n) is 0.677. The summed E-state index contributed by atoms with van der Waals surface area (Å²) in [4.78, 5) is 5.72. The van der Waals surface area contributed by atoms with Crippen molar-refractivity contribution in [3.63, 3.8) is 0 Å². The highest BCUT2D eigenvalue weighted by molar-refractivity contribution is 5.73. The molecule has 0 aliphatic carbocycles. The maximum atomic E-state index is 5.27. The Morgan fingerprint density at radius 1 is 1.70 bits per heavy atom. The van der Waals surface area contributed by atoms with Crippen molar-refractivity contribution in [2.75, 3.05) is 0 Å². The molecule has 3 heteroatoms. The Balaban J connectivity index is 2.83. The van der Waals surface area contributed by atoms with E-state index in [1.807, 2.05) is 12.3 Å². The molecule has 0 aromatic carbocycles. The predicted octanol–water partition coefficient (Wildman–Crippen LogP) is 0.788. The van der Waals surface area contributed by atoms with Gasteiger partial charge in [-0.05, 0) is 6.08 Å². The van der Waals surface area contributed by atoms with Crippen LogP contribution in [0.1, 0.15) is 0 Å². The molecule has 0 spiro atoms. The van der Waals surface area contributed by atoms with E-state index in [9.17, 15) is 0 Å². The summed E-state index contributed by atoms with van der Waals surface area (Å²) in [5.74, 6) is 0.692. The van der Waals surface area contributed by atoms with E-state index in [1.165, 1.54) is 6.20 Å². The highest BCUT2D eigenvalue weighted by atomic mass is 15.2. The zero-order chi connectivity index (χ0) is 7.40. The van der Waals surface area contributed by atoms with Gasteiger partial charge in [0.05, 0.1) is 0 Å². The lowest BCUT2D eigenvalue weighted by Crippen LogP contribution is -2.11. The van der Waals surface area contributed by atoms with Gasteiger partial charge in [0.2, 0.25) is 0 Å². The molecule has 0 aromatic heterocycles. The van der Waals surface area contributed by atoms with Crippen molar-refractivity contribution in [3.05, 3.63) is 37.1 Å². The number of rotatable bonds is 1. The molecule has 0 fully saturated rings. The largest absolute Gasteiger partial charge is 0.402 e. The van der Waals surface area contributed by atoms with E-state index in [4.69, 9.17) is 5.73 Å². The topological polar surface area (TPSA) is 41.6 Å². The second-order valence-electron chi connectivity index (χ2n) is 1.73. The second-order valence-corrected chi connectivity index (χ2v) is 1.73. The van der Waals surface area contributed by atoms with Crippen molar-refractivity contribution in [2.24, 2.45) is 10.7 Å². The number of allylic oxidation sites excluding steroid dienone is 1. The van der Waals surface area contributed by atoms with E-state index in [0.717, 1.165) is 0 Å². The molecule has 1 heterocycles. The number of hydrogen-bond acceptors (Lipinski definition) is 3. The Labute approximate surface area is 59.8 Å². The van der Waals surface area contributed by atoms with E-state index < -0.39 is 0 Å². The molecule has 0 saturated heterocycles. The lowest BCUT2D eigenvalue weighted by atomic mass is 10.5. The molecule has 0 saturated carbocycles. The van der Waals surface area contributed by atoms with Crippen molar-refractivity contribution in [2.45, 2.75) is 0 Å². The zero-order valence-electron chi connectivity index (χ0n) is 5.57. The first-order valence-corrected chi connectivity index (χ1v) is 2.92. The monoisotopic (exact) mass is 135 g/mol. The van der Waals surface area contributed by atoms with Gasteiger partial charge in [-0.1, -0.05) is 6.58 Å². The molecule has 1 aliphatic rings. The standard InChI is InChI=1S/C7H9N3/c1-2-10-5-3-4-9-7(10)6-8/h2-6H,1,8H2/b7-6-. The van der Waals surface area contributed by atoms with Gasteiger partial charge in [0, 0.05) is 24.8 Å². The normalized spacial score (nSPS) is 20.0. The van der Waals surface area contributed by atoms with E-state index in [-0.39, 0.29) is 0 Å². The molecule has 10 heavy (non-hydrogen) atoms. The van der Waals surface area contributed by atoms with E-state index in [1.54, 1.807) is 17.3 Å². The van der Waals surface area contributed by atoms with Crippen LogP contribution in [-0.2, 0) is 0 Å². The summed E-state index contributed by atoms with van der Waals surface area (Å²) in [5, 5.41) is 0. The molecule has 0 unspecified atom stereocenters. The van der Waals surface area contributed by atoms with Gasteiger partial charge in [-0.2, -0.15) is 0 Å². The summed E-state index contributed by atoms with van der Waals surface area (Å²) in [6, 6.07) is 0. The molecule has 0 aromatic rings. The molecule has 0 radical (unpaired) electrons. The summed E-state index contributed by atoms with van der Waals surface area (Å²) < 4.78 is 0. The summed E-state index contributed by atoms with van der Waals surface area (Å²) in [6.45, 7) is 3.59. The maximum Gasteiger partial charge on any atom is 0.152 e. The number of aliphatic imine (C=N–C) groups is 1. The van der Waals surface area contributed by atoms with Gasteiger partial charge >= 0.3 is 0 Å². The van der Waals surface area contributed by atoms with Gasteiger partial charge in [-0.15, -0.1) is 0 Å². The Kier molecular flexibility index (Phi) is 1.89. The Hall–Kier alpha value is -1.51. The minimum atomic E-state index is 0.692. The Bertz CT molecular complexity index is 213. The smallest absolute Gasteiger partial charge is 0.152 e. The minimum Gasteiger partial charge on any atom is -0.402 e. The minimum absolute atomic E-state index is 0.692. The van der Waals surface area contributed by atoms with Gasteiger partial charge in [0.15, 0.2) is 5.82 Å². The van der Waals surface area contributed by atoms with Crippen LogP contribution in [0.25, 0.3) is 0 Å². The maximum absolute atomic E-state index is 5.27. The first kappa shape index (κ1) is 6.61. The van der Waals surface area contributed by atoms with Gasteiger partial charge in [-0.3, -0.25) is 0 Å². The summed E-state index contributed by atoms with van der Waals surface area (Å²) in [5.41, 5.74) is 5.27. The summed E-state index contributed by atoms with van der Waals surface area (Å²) >= 11 is 0. The molecular formula is C7H9N3. The second kappa shape index (κ2) is 2.87. The van der Waals surface area contributed by atoms with Crippen molar-refractivity contribution >= 4 is 6.21 Å². The summed E-state index contributed by atoms with van der Waals surface area (Å²) in [6.07, 6.45) is 8.40. The van der Waals surface area contributed by atoms with E-state index >= 15 is 0 Å². The molecule has 1 aliphatic heterocycles. The quantitative estimate of drug-likeness (QED) is 0.577.